The average Bonchev–Trinajstić information content (AvgIpc) is 2.67. The Morgan fingerprint density at radius 3 is 2.00 bits per heavy atom. The van der Waals surface area contributed by atoms with Gasteiger partial charge in [-0.3, -0.25) is 4.90 Å². The molecule has 0 bridgehead atoms. The number of piperazine rings is 1. The lowest BCUT2D eigenvalue weighted by Crippen LogP contribution is -2.64. The highest BCUT2D eigenvalue weighted by atomic mass is 32.2. The predicted octanol–water partition coefficient (Wildman–Crippen LogP) is 2.24. The molecule has 2 heterocycles. The van der Waals surface area contributed by atoms with Crippen molar-refractivity contribution in [2.45, 2.75) is 4.71 Å². The molecular formula is C19H22N3O2S2+. The number of carbonyl (C=O) groups is 1. The number of rotatable bonds is 5. The average molecular weight is 389 g/mol. The zero-order chi connectivity index (χ0) is 18.5. The van der Waals surface area contributed by atoms with Gasteiger partial charge in [0.15, 0.2) is 12.4 Å². The highest BCUT2D eigenvalue weighted by Crippen LogP contribution is 2.11. The molecule has 0 spiro atoms. The van der Waals surface area contributed by atoms with Crippen molar-refractivity contribution in [1.82, 2.24) is 4.90 Å². The molecule has 1 aliphatic rings. The molecular weight excluding hydrogens is 366 g/mol. The molecule has 0 radical (unpaired) electrons. The van der Waals surface area contributed by atoms with Crippen molar-refractivity contribution in [1.29, 1.82) is 0 Å². The fourth-order valence-corrected chi connectivity index (χ4v) is 3.29. The van der Waals surface area contributed by atoms with Crippen molar-refractivity contribution in [2.75, 3.05) is 31.2 Å². The summed E-state index contributed by atoms with van der Waals surface area (Å²) < 4.78 is 2.11. The van der Waals surface area contributed by atoms with Crippen molar-refractivity contribution >= 4 is 43.4 Å². The van der Waals surface area contributed by atoms with Crippen LogP contribution < -0.4 is 9.69 Å². The molecule has 0 aliphatic carbocycles. The lowest BCUT2D eigenvalue weighted by Gasteiger charge is -2.33. The zero-order valence-corrected chi connectivity index (χ0v) is 16.1. The molecule has 26 heavy (non-hydrogen) atoms. The first kappa shape index (κ1) is 18.8. The minimum atomic E-state index is -0.909. The fourth-order valence-electron chi connectivity index (χ4n) is 2.83. The van der Waals surface area contributed by atoms with Gasteiger partial charge < -0.3 is 5.11 Å². The molecule has 7 heteroatoms. The number of thiol groups is 2. The SMILES string of the molecule is O=C(O)c1ccc(/C=C/c2cc[n+](N3CCN(C(S)S)CC3)cc2)cc1. The van der Waals surface area contributed by atoms with Gasteiger partial charge in [0.1, 0.15) is 0 Å². The summed E-state index contributed by atoms with van der Waals surface area (Å²) in [7, 11) is 0. The minimum Gasteiger partial charge on any atom is -0.478 e. The van der Waals surface area contributed by atoms with Gasteiger partial charge in [0.25, 0.3) is 0 Å². The van der Waals surface area contributed by atoms with Crippen LogP contribution in [0.4, 0.5) is 0 Å². The van der Waals surface area contributed by atoms with Crippen LogP contribution in [0.1, 0.15) is 21.5 Å². The maximum Gasteiger partial charge on any atom is 0.335 e. The summed E-state index contributed by atoms with van der Waals surface area (Å²) in [5.74, 6) is -0.909. The summed E-state index contributed by atoms with van der Waals surface area (Å²) in [6.45, 7) is 3.76. The third kappa shape index (κ3) is 4.81. The summed E-state index contributed by atoms with van der Waals surface area (Å²) in [5, 5.41) is 11.2. The summed E-state index contributed by atoms with van der Waals surface area (Å²) in [4.78, 5) is 13.1. The van der Waals surface area contributed by atoms with E-state index in [1.165, 1.54) is 0 Å². The van der Waals surface area contributed by atoms with E-state index in [1.54, 1.807) is 24.3 Å². The van der Waals surface area contributed by atoms with Crippen LogP contribution in [0.15, 0.2) is 48.8 Å². The number of carboxylic acid groups (broad SMARTS) is 1. The Balaban J connectivity index is 1.60. The van der Waals surface area contributed by atoms with Crippen LogP contribution in [-0.4, -0.2) is 46.9 Å². The van der Waals surface area contributed by atoms with Gasteiger partial charge in [0, 0.05) is 25.2 Å². The third-order valence-corrected chi connectivity index (χ3v) is 5.06. The third-order valence-electron chi connectivity index (χ3n) is 4.41. The van der Waals surface area contributed by atoms with E-state index in [9.17, 15) is 4.79 Å². The number of aromatic carboxylic acids is 1. The Bertz CT molecular complexity index is 768. The van der Waals surface area contributed by atoms with E-state index in [0.29, 0.717) is 5.56 Å². The maximum absolute atomic E-state index is 10.9. The molecule has 0 saturated carbocycles. The molecule has 1 aliphatic heterocycles. The quantitative estimate of drug-likeness (QED) is 0.418. The van der Waals surface area contributed by atoms with E-state index in [1.807, 2.05) is 12.2 Å². The van der Waals surface area contributed by atoms with E-state index in [-0.39, 0.29) is 4.71 Å². The number of aromatic nitrogens is 1. The van der Waals surface area contributed by atoms with Crippen LogP contribution in [0.2, 0.25) is 0 Å². The summed E-state index contributed by atoms with van der Waals surface area (Å²) in [5.41, 5.74) is 2.36. The second-order valence-corrected chi connectivity index (χ2v) is 7.49. The predicted molar refractivity (Wildman–Crippen MR) is 110 cm³/mol. The van der Waals surface area contributed by atoms with Gasteiger partial charge in [0.2, 0.25) is 0 Å². The standard InChI is InChI=1S/C19H21N3O2S2/c23-18(24)17-5-3-15(4-6-17)1-2-16-7-9-21(10-8-16)22-13-11-20(12-14-22)19(25)26/h1-10,19H,11-14H2,(H2-,23,24,25,26)/p+1/b2-1+. The largest absolute Gasteiger partial charge is 0.478 e. The van der Waals surface area contributed by atoms with Crippen LogP contribution >= 0.6 is 25.3 Å². The first-order chi connectivity index (χ1) is 12.5. The van der Waals surface area contributed by atoms with Crippen molar-refractivity contribution in [2.24, 2.45) is 0 Å². The number of nitrogens with zero attached hydrogens (tertiary/aromatic N) is 3. The van der Waals surface area contributed by atoms with Crippen molar-refractivity contribution < 1.29 is 14.6 Å². The summed E-state index contributed by atoms with van der Waals surface area (Å²) >= 11 is 8.74. The molecule has 2 aromatic rings. The summed E-state index contributed by atoms with van der Waals surface area (Å²) in [6, 6.07) is 11.0. The zero-order valence-electron chi connectivity index (χ0n) is 14.3. The summed E-state index contributed by atoms with van der Waals surface area (Å²) in [6.07, 6.45) is 8.11. The highest BCUT2D eigenvalue weighted by molar-refractivity contribution is 7.99. The van der Waals surface area contributed by atoms with Crippen molar-refractivity contribution in [3.05, 3.63) is 65.5 Å². The first-order valence-electron chi connectivity index (χ1n) is 8.41. The molecule has 0 atom stereocenters. The molecule has 0 amide bonds. The Morgan fingerprint density at radius 2 is 1.50 bits per heavy atom. The molecule has 5 nitrogen and oxygen atoms in total. The van der Waals surface area contributed by atoms with E-state index in [2.05, 4.69) is 64.4 Å². The Labute approximate surface area is 164 Å². The van der Waals surface area contributed by atoms with Crippen molar-refractivity contribution in [3.8, 4) is 0 Å². The maximum atomic E-state index is 10.9. The minimum absolute atomic E-state index is 0.000715. The number of carboxylic acids is 1. The monoisotopic (exact) mass is 388 g/mol. The molecule has 1 aromatic carbocycles. The topological polar surface area (TPSA) is 47.7 Å². The van der Waals surface area contributed by atoms with Gasteiger partial charge in [-0.2, -0.15) is 5.01 Å². The molecule has 0 unspecified atom stereocenters. The van der Waals surface area contributed by atoms with Gasteiger partial charge >= 0.3 is 5.97 Å². The number of hydrogen-bond donors (Lipinski definition) is 3. The lowest BCUT2D eigenvalue weighted by atomic mass is 10.1. The van der Waals surface area contributed by atoms with Gasteiger partial charge in [-0.05, 0) is 23.3 Å². The molecule has 136 valence electrons. The van der Waals surface area contributed by atoms with E-state index in [0.717, 1.165) is 37.3 Å². The Hall–Kier alpha value is -1.96. The fraction of sp³-hybridized carbons (Fsp3) is 0.263. The molecule has 1 N–H and O–H groups in total. The Kier molecular flexibility index (Phi) is 6.24. The lowest BCUT2D eigenvalue weighted by molar-refractivity contribution is -0.694. The van der Waals surface area contributed by atoms with Gasteiger partial charge in [-0.1, -0.05) is 29.0 Å². The number of hydrogen-bond acceptors (Lipinski definition) is 5. The first-order valence-corrected chi connectivity index (χ1v) is 9.44. The van der Waals surface area contributed by atoms with Gasteiger partial charge in [-0.15, -0.1) is 25.3 Å². The van der Waals surface area contributed by atoms with E-state index in [4.69, 9.17) is 5.11 Å². The molecule has 3 rings (SSSR count). The number of pyridine rings is 1. The van der Waals surface area contributed by atoms with Crippen LogP contribution in [-0.2, 0) is 0 Å². The van der Waals surface area contributed by atoms with Crippen LogP contribution in [0.5, 0.6) is 0 Å². The number of benzene rings is 1. The second kappa shape index (κ2) is 8.62. The van der Waals surface area contributed by atoms with Crippen LogP contribution in [0.25, 0.3) is 12.2 Å². The van der Waals surface area contributed by atoms with E-state index >= 15 is 0 Å². The normalized spacial score (nSPS) is 15.7. The molecule has 1 aromatic heterocycles. The second-order valence-electron chi connectivity index (χ2n) is 6.11. The van der Waals surface area contributed by atoms with E-state index < -0.39 is 5.97 Å². The van der Waals surface area contributed by atoms with Gasteiger partial charge in [-0.25, -0.2) is 4.79 Å². The smallest absolute Gasteiger partial charge is 0.335 e. The molecule has 1 saturated heterocycles. The highest BCUT2D eigenvalue weighted by Gasteiger charge is 2.23. The van der Waals surface area contributed by atoms with Crippen molar-refractivity contribution in [3.63, 3.8) is 0 Å². The molecule has 1 fully saturated rings. The Morgan fingerprint density at radius 1 is 0.962 bits per heavy atom. The van der Waals surface area contributed by atoms with Crippen LogP contribution in [0.3, 0.4) is 0 Å². The van der Waals surface area contributed by atoms with Gasteiger partial charge in [0.05, 0.1) is 23.4 Å². The van der Waals surface area contributed by atoms with Crippen LogP contribution in [0, 0.1) is 0 Å².